The number of ether oxygens (including phenoxy) is 1. The van der Waals surface area contributed by atoms with Crippen molar-refractivity contribution >= 4 is 12.0 Å². The first-order valence-corrected chi connectivity index (χ1v) is 8.14. The van der Waals surface area contributed by atoms with Crippen LogP contribution in [-0.2, 0) is 16.0 Å². The molecule has 0 radical (unpaired) electrons. The number of alkyl carbamates (subject to hydrolysis) is 1. The molecule has 0 spiro atoms. The molecule has 128 valence electrons. The smallest absolute Gasteiger partial charge is 0.407 e. The molecule has 1 rings (SSSR count). The van der Waals surface area contributed by atoms with Gasteiger partial charge in [-0.2, -0.15) is 0 Å². The first-order chi connectivity index (χ1) is 10.9. The molecule has 2 N–H and O–H groups in total. The van der Waals surface area contributed by atoms with Crippen LogP contribution in [0.25, 0.3) is 0 Å². The molecule has 23 heavy (non-hydrogen) atoms. The summed E-state index contributed by atoms with van der Waals surface area (Å²) in [7, 11) is 0. The van der Waals surface area contributed by atoms with Gasteiger partial charge in [0.25, 0.3) is 0 Å². The average molecular weight is 320 g/mol. The minimum absolute atomic E-state index is 0.0176. The van der Waals surface area contributed by atoms with Gasteiger partial charge in [-0.05, 0) is 45.6 Å². The van der Waals surface area contributed by atoms with Crippen LogP contribution in [0.5, 0.6) is 0 Å². The van der Waals surface area contributed by atoms with Gasteiger partial charge in [-0.1, -0.05) is 30.3 Å². The number of carbonyl (C=O) groups excluding carboxylic acids is 2. The van der Waals surface area contributed by atoms with Crippen LogP contribution < -0.4 is 10.6 Å². The molecule has 0 heterocycles. The number of nitrogens with one attached hydrogen (secondary N) is 2. The normalized spacial score (nSPS) is 10.9. The highest BCUT2D eigenvalue weighted by Gasteiger charge is 2.15. The van der Waals surface area contributed by atoms with Crippen LogP contribution in [0.15, 0.2) is 30.3 Å². The number of hydrogen-bond donors (Lipinski definition) is 2. The molecule has 5 nitrogen and oxygen atoms in total. The molecule has 0 fully saturated rings. The average Bonchev–Trinajstić information content (AvgIpc) is 2.47. The molecule has 0 atom stereocenters. The van der Waals surface area contributed by atoms with E-state index in [4.69, 9.17) is 4.74 Å². The van der Waals surface area contributed by atoms with E-state index in [-0.39, 0.29) is 5.91 Å². The Bertz CT molecular complexity index is 481. The first kappa shape index (κ1) is 19.0. The molecule has 0 unspecified atom stereocenters. The number of unbranched alkanes of at least 4 members (excludes halogenated alkanes) is 1. The van der Waals surface area contributed by atoms with Crippen molar-refractivity contribution in [2.75, 3.05) is 13.1 Å². The Morgan fingerprint density at radius 1 is 1.00 bits per heavy atom. The lowest BCUT2D eigenvalue weighted by atomic mass is 10.1. The molecular weight excluding hydrogens is 292 g/mol. The zero-order valence-electron chi connectivity index (χ0n) is 14.4. The van der Waals surface area contributed by atoms with Gasteiger partial charge in [-0.25, -0.2) is 4.79 Å². The van der Waals surface area contributed by atoms with E-state index in [9.17, 15) is 9.59 Å². The van der Waals surface area contributed by atoms with E-state index in [1.807, 2.05) is 39.0 Å². The number of amides is 2. The first-order valence-electron chi connectivity index (χ1n) is 8.14. The fourth-order valence-corrected chi connectivity index (χ4v) is 2.03. The highest BCUT2D eigenvalue weighted by molar-refractivity contribution is 5.75. The van der Waals surface area contributed by atoms with Crippen molar-refractivity contribution in [3.05, 3.63) is 35.9 Å². The van der Waals surface area contributed by atoms with Crippen LogP contribution in [0.1, 0.15) is 45.6 Å². The van der Waals surface area contributed by atoms with Crippen LogP contribution in [0, 0.1) is 0 Å². The van der Waals surface area contributed by atoms with E-state index < -0.39 is 11.7 Å². The van der Waals surface area contributed by atoms with Crippen molar-refractivity contribution in [3.8, 4) is 0 Å². The van der Waals surface area contributed by atoms with Crippen LogP contribution in [0.3, 0.4) is 0 Å². The minimum atomic E-state index is -0.508. The SMILES string of the molecule is CC(C)(C)OC(=O)NCCNC(=O)CCCCc1ccccc1. The zero-order chi connectivity index (χ0) is 17.1. The van der Waals surface area contributed by atoms with E-state index in [0.717, 1.165) is 19.3 Å². The molecule has 0 aliphatic heterocycles. The molecule has 0 saturated carbocycles. The maximum absolute atomic E-state index is 11.7. The summed E-state index contributed by atoms with van der Waals surface area (Å²) in [5.41, 5.74) is 0.793. The van der Waals surface area contributed by atoms with Crippen molar-refractivity contribution in [1.82, 2.24) is 10.6 Å². The molecule has 1 aromatic carbocycles. The molecule has 0 aromatic heterocycles. The molecule has 0 bridgehead atoms. The van der Waals surface area contributed by atoms with Gasteiger partial charge in [-0.15, -0.1) is 0 Å². The third-order valence-electron chi connectivity index (χ3n) is 3.08. The van der Waals surface area contributed by atoms with Gasteiger partial charge >= 0.3 is 6.09 Å². The Labute approximate surface area is 138 Å². The lowest BCUT2D eigenvalue weighted by molar-refractivity contribution is -0.121. The van der Waals surface area contributed by atoms with Gasteiger partial charge in [0.1, 0.15) is 5.60 Å². The Hall–Kier alpha value is -2.04. The highest BCUT2D eigenvalue weighted by atomic mass is 16.6. The van der Waals surface area contributed by atoms with E-state index in [1.165, 1.54) is 5.56 Å². The maximum Gasteiger partial charge on any atom is 0.407 e. The Kier molecular flexibility index (Phi) is 8.16. The molecule has 0 aliphatic carbocycles. The summed E-state index contributed by atoms with van der Waals surface area (Å²) < 4.78 is 5.10. The summed E-state index contributed by atoms with van der Waals surface area (Å²) in [6.45, 7) is 6.21. The second kappa shape index (κ2) is 9.87. The van der Waals surface area contributed by atoms with E-state index in [1.54, 1.807) is 0 Å². The third-order valence-corrected chi connectivity index (χ3v) is 3.08. The lowest BCUT2D eigenvalue weighted by Crippen LogP contribution is -2.37. The van der Waals surface area contributed by atoms with Crippen LogP contribution in [-0.4, -0.2) is 30.7 Å². The lowest BCUT2D eigenvalue weighted by Gasteiger charge is -2.19. The van der Waals surface area contributed by atoms with Gasteiger partial charge in [0.15, 0.2) is 0 Å². The number of carbonyl (C=O) groups is 2. The van der Waals surface area contributed by atoms with Crippen molar-refractivity contribution in [2.45, 2.75) is 52.1 Å². The zero-order valence-corrected chi connectivity index (χ0v) is 14.4. The third kappa shape index (κ3) is 10.3. The van der Waals surface area contributed by atoms with Crippen LogP contribution >= 0.6 is 0 Å². The summed E-state index contributed by atoms with van der Waals surface area (Å²) >= 11 is 0. The Morgan fingerprint density at radius 3 is 2.30 bits per heavy atom. The van der Waals surface area contributed by atoms with Crippen molar-refractivity contribution in [3.63, 3.8) is 0 Å². The van der Waals surface area contributed by atoms with Gasteiger partial charge in [0.2, 0.25) is 5.91 Å². The monoisotopic (exact) mass is 320 g/mol. The molecule has 0 aliphatic rings. The summed E-state index contributed by atoms with van der Waals surface area (Å²) in [5.74, 6) is 0.0176. The topological polar surface area (TPSA) is 67.4 Å². The quantitative estimate of drug-likeness (QED) is 0.724. The molecule has 2 amide bonds. The summed E-state index contributed by atoms with van der Waals surface area (Å²) in [6.07, 6.45) is 2.90. The van der Waals surface area contributed by atoms with Gasteiger partial charge in [0, 0.05) is 19.5 Å². The predicted molar refractivity (Wildman–Crippen MR) is 91.2 cm³/mol. The van der Waals surface area contributed by atoms with E-state index >= 15 is 0 Å². The standard InChI is InChI=1S/C18H28N2O3/c1-18(2,3)23-17(22)20-14-13-19-16(21)12-8-7-11-15-9-5-4-6-10-15/h4-6,9-10H,7-8,11-14H2,1-3H3,(H,19,21)(H,20,22). The summed E-state index contributed by atoms with van der Waals surface area (Å²) in [6, 6.07) is 10.3. The molecule has 0 saturated heterocycles. The second-order valence-electron chi connectivity index (χ2n) is 6.47. The second-order valence-corrected chi connectivity index (χ2v) is 6.47. The maximum atomic E-state index is 11.7. The fourth-order valence-electron chi connectivity index (χ4n) is 2.03. The Balaban J connectivity index is 2.01. The highest BCUT2D eigenvalue weighted by Crippen LogP contribution is 2.06. The van der Waals surface area contributed by atoms with E-state index in [0.29, 0.717) is 19.5 Å². The van der Waals surface area contributed by atoms with Crippen LogP contribution in [0.2, 0.25) is 0 Å². The fraction of sp³-hybridized carbons (Fsp3) is 0.556. The van der Waals surface area contributed by atoms with Crippen molar-refractivity contribution < 1.29 is 14.3 Å². The molecule has 5 heteroatoms. The van der Waals surface area contributed by atoms with Gasteiger partial charge in [-0.3, -0.25) is 4.79 Å². The van der Waals surface area contributed by atoms with Crippen molar-refractivity contribution in [1.29, 1.82) is 0 Å². The number of rotatable bonds is 8. The molecular formula is C18H28N2O3. The summed E-state index contributed by atoms with van der Waals surface area (Å²) in [4.78, 5) is 23.1. The van der Waals surface area contributed by atoms with Gasteiger partial charge < -0.3 is 15.4 Å². The largest absolute Gasteiger partial charge is 0.444 e. The van der Waals surface area contributed by atoms with Crippen molar-refractivity contribution in [2.24, 2.45) is 0 Å². The number of aryl methyl sites for hydroxylation is 1. The Morgan fingerprint density at radius 2 is 1.65 bits per heavy atom. The minimum Gasteiger partial charge on any atom is -0.444 e. The predicted octanol–water partition coefficient (Wildman–Crippen LogP) is 3.04. The van der Waals surface area contributed by atoms with Crippen LogP contribution in [0.4, 0.5) is 4.79 Å². The van der Waals surface area contributed by atoms with E-state index in [2.05, 4.69) is 22.8 Å². The number of benzene rings is 1. The number of hydrogen-bond acceptors (Lipinski definition) is 3. The summed E-state index contributed by atoms with van der Waals surface area (Å²) in [5, 5.41) is 5.40. The molecule has 1 aromatic rings. The van der Waals surface area contributed by atoms with Gasteiger partial charge in [0.05, 0.1) is 0 Å².